The standard InChI is InChI=1S/C8H11NO5S/c1-13-8-3-2-6(4-7(8)10)5-14-15(9,11)12/h2-4,10H,5H2,1H3,(H2,9,11,12). The van der Waals surface area contributed by atoms with Gasteiger partial charge in [-0.3, -0.25) is 4.18 Å². The Kier molecular flexibility index (Phi) is 3.51. The summed E-state index contributed by atoms with van der Waals surface area (Å²) < 4.78 is 30.1. The van der Waals surface area contributed by atoms with Gasteiger partial charge in [0.15, 0.2) is 11.5 Å². The molecule has 15 heavy (non-hydrogen) atoms. The van der Waals surface area contributed by atoms with Crippen molar-refractivity contribution in [3.05, 3.63) is 23.8 Å². The molecule has 3 N–H and O–H groups in total. The van der Waals surface area contributed by atoms with Crippen LogP contribution in [0.3, 0.4) is 0 Å². The molecule has 0 bridgehead atoms. The number of hydrogen-bond donors (Lipinski definition) is 2. The van der Waals surface area contributed by atoms with Gasteiger partial charge < -0.3 is 9.84 Å². The summed E-state index contributed by atoms with van der Waals surface area (Å²) in [4.78, 5) is 0. The normalized spacial score (nSPS) is 11.3. The minimum atomic E-state index is -3.96. The molecule has 1 aromatic rings. The summed E-state index contributed by atoms with van der Waals surface area (Å²) in [6, 6.07) is 4.39. The first-order valence-corrected chi connectivity index (χ1v) is 5.42. The van der Waals surface area contributed by atoms with Gasteiger partial charge in [-0.15, -0.1) is 0 Å². The van der Waals surface area contributed by atoms with Crippen molar-refractivity contribution in [2.24, 2.45) is 5.14 Å². The number of aromatic hydroxyl groups is 1. The van der Waals surface area contributed by atoms with Gasteiger partial charge in [0.2, 0.25) is 0 Å². The van der Waals surface area contributed by atoms with E-state index in [1.165, 1.54) is 19.2 Å². The van der Waals surface area contributed by atoms with Gasteiger partial charge in [-0.1, -0.05) is 6.07 Å². The zero-order valence-electron chi connectivity index (χ0n) is 8.00. The average Bonchev–Trinajstić information content (AvgIpc) is 2.14. The lowest BCUT2D eigenvalue weighted by molar-refractivity contribution is 0.307. The van der Waals surface area contributed by atoms with Gasteiger partial charge >= 0.3 is 10.3 Å². The SMILES string of the molecule is COc1ccc(COS(N)(=O)=O)cc1O. The first-order chi connectivity index (χ1) is 6.92. The van der Waals surface area contributed by atoms with Gasteiger partial charge in [0.25, 0.3) is 0 Å². The Morgan fingerprint density at radius 2 is 2.13 bits per heavy atom. The highest BCUT2D eigenvalue weighted by atomic mass is 32.2. The minimum Gasteiger partial charge on any atom is -0.504 e. The van der Waals surface area contributed by atoms with Crippen molar-refractivity contribution in [3.63, 3.8) is 0 Å². The maximum Gasteiger partial charge on any atom is 0.333 e. The van der Waals surface area contributed by atoms with Crippen LogP contribution in [0.15, 0.2) is 18.2 Å². The predicted molar refractivity (Wildman–Crippen MR) is 52.6 cm³/mol. The van der Waals surface area contributed by atoms with Crippen molar-refractivity contribution in [1.82, 2.24) is 0 Å². The van der Waals surface area contributed by atoms with E-state index in [9.17, 15) is 13.5 Å². The molecular formula is C8H11NO5S. The molecule has 0 aliphatic heterocycles. The second-order valence-corrected chi connectivity index (χ2v) is 3.98. The molecular weight excluding hydrogens is 222 g/mol. The van der Waals surface area contributed by atoms with Crippen molar-refractivity contribution in [2.45, 2.75) is 6.61 Å². The van der Waals surface area contributed by atoms with Gasteiger partial charge in [0.05, 0.1) is 13.7 Å². The van der Waals surface area contributed by atoms with E-state index in [4.69, 9.17) is 4.74 Å². The van der Waals surface area contributed by atoms with Gasteiger partial charge in [0.1, 0.15) is 0 Å². The van der Waals surface area contributed by atoms with Crippen LogP contribution >= 0.6 is 0 Å². The van der Waals surface area contributed by atoms with Gasteiger partial charge in [-0.25, -0.2) is 5.14 Å². The highest BCUT2D eigenvalue weighted by Crippen LogP contribution is 2.26. The number of hydrogen-bond acceptors (Lipinski definition) is 5. The van der Waals surface area contributed by atoms with Crippen LogP contribution in [0.1, 0.15) is 5.56 Å². The van der Waals surface area contributed by atoms with Gasteiger partial charge in [-0.2, -0.15) is 8.42 Å². The summed E-state index contributed by atoms with van der Waals surface area (Å²) in [5.74, 6) is 0.211. The van der Waals surface area contributed by atoms with E-state index in [1.54, 1.807) is 6.07 Å². The molecule has 0 radical (unpaired) electrons. The first-order valence-electron chi connectivity index (χ1n) is 3.95. The van der Waals surface area contributed by atoms with Crippen LogP contribution in [-0.4, -0.2) is 20.6 Å². The number of nitrogens with two attached hydrogens (primary N) is 1. The molecule has 0 aliphatic rings. The van der Waals surface area contributed by atoms with E-state index in [1.807, 2.05) is 0 Å². The maximum atomic E-state index is 10.5. The van der Waals surface area contributed by atoms with Crippen LogP contribution in [0.4, 0.5) is 0 Å². The molecule has 0 amide bonds. The summed E-state index contributed by atoms with van der Waals surface area (Å²) in [6.45, 7) is -0.226. The smallest absolute Gasteiger partial charge is 0.333 e. The Morgan fingerprint density at radius 1 is 1.47 bits per heavy atom. The largest absolute Gasteiger partial charge is 0.504 e. The molecule has 0 fully saturated rings. The summed E-state index contributed by atoms with van der Waals surface area (Å²) in [5.41, 5.74) is 0.474. The van der Waals surface area contributed by atoms with E-state index in [0.717, 1.165) is 0 Å². The van der Waals surface area contributed by atoms with Crippen LogP contribution < -0.4 is 9.88 Å². The van der Waals surface area contributed by atoms with E-state index in [0.29, 0.717) is 11.3 Å². The predicted octanol–water partition coefficient (Wildman–Crippen LogP) is 0.121. The highest BCUT2D eigenvalue weighted by molar-refractivity contribution is 7.84. The molecule has 0 aliphatic carbocycles. The summed E-state index contributed by atoms with van der Waals surface area (Å²) in [7, 11) is -2.55. The number of methoxy groups -OCH3 is 1. The third-order valence-electron chi connectivity index (χ3n) is 1.63. The van der Waals surface area contributed by atoms with E-state index < -0.39 is 10.3 Å². The van der Waals surface area contributed by atoms with E-state index in [2.05, 4.69) is 9.32 Å². The lowest BCUT2D eigenvalue weighted by Crippen LogP contribution is -2.15. The van der Waals surface area contributed by atoms with Crippen LogP contribution in [0.25, 0.3) is 0 Å². The van der Waals surface area contributed by atoms with Crippen LogP contribution in [-0.2, 0) is 21.1 Å². The summed E-state index contributed by atoms with van der Waals surface area (Å²) in [6.07, 6.45) is 0. The maximum absolute atomic E-state index is 10.5. The molecule has 84 valence electrons. The Labute approximate surface area is 87.5 Å². The van der Waals surface area contributed by atoms with Crippen LogP contribution in [0.2, 0.25) is 0 Å². The lowest BCUT2D eigenvalue weighted by atomic mass is 10.2. The summed E-state index contributed by atoms with van der Waals surface area (Å²) in [5, 5.41) is 14.0. The molecule has 0 spiro atoms. The second-order valence-electron chi connectivity index (χ2n) is 2.76. The number of benzene rings is 1. The van der Waals surface area contributed by atoms with E-state index >= 15 is 0 Å². The molecule has 0 unspecified atom stereocenters. The molecule has 7 heteroatoms. The Balaban J connectivity index is 2.76. The van der Waals surface area contributed by atoms with Crippen molar-refractivity contribution < 1.29 is 22.4 Å². The fraction of sp³-hybridized carbons (Fsp3) is 0.250. The number of rotatable bonds is 4. The van der Waals surface area contributed by atoms with Gasteiger partial charge in [-0.05, 0) is 17.7 Å². The first kappa shape index (κ1) is 11.8. The monoisotopic (exact) mass is 233 g/mol. The Bertz CT molecular complexity index is 442. The van der Waals surface area contributed by atoms with Gasteiger partial charge in [0, 0.05) is 0 Å². The highest BCUT2D eigenvalue weighted by Gasteiger charge is 2.06. The van der Waals surface area contributed by atoms with Crippen molar-refractivity contribution in [3.8, 4) is 11.5 Å². The van der Waals surface area contributed by atoms with E-state index in [-0.39, 0.29) is 12.4 Å². The number of ether oxygens (including phenoxy) is 1. The third kappa shape index (κ3) is 3.74. The average molecular weight is 233 g/mol. The fourth-order valence-electron chi connectivity index (χ4n) is 0.976. The fourth-order valence-corrected chi connectivity index (χ4v) is 1.28. The Hall–Kier alpha value is -1.31. The Morgan fingerprint density at radius 3 is 2.60 bits per heavy atom. The summed E-state index contributed by atoms with van der Waals surface area (Å²) >= 11 is 0. The topological polar surface area (TPSA) is 98.9 Å². The molecule has 0 heterocycles. The zero-order chi connectivity index (χ0) is 11.5. The number of phenolic OH excluding ortho intramolecular Hbond substituents is 1. The van der Waals surface area contributed by atoms with Crippen molar-refractivity contribution >= 4 is 10.3 Å². The van der Waals surface area contributed by atoms with Crippen LogP contribution in [0.5, 0.6) is 11.5 Å². The quantitative estimate of drug-likeness (QED) is 0.769. The lowest BCUT2D eigenvalue weighted by Gasteiger charge is -2.05. The molecule has 1 aromatic carbocycles. The van der Waals surface area contributed by atoms with Crippen molar-refractivity contribution in [1.29, 1.82) is 0 Å². The minimum absolute atomic E-state index is 0.0898. The third-order valence-corrected chi connectivity index (χ3v) is 2.08. The molecule has 0 saturated carbocycles. The molecule has 0 saturated heterocycles. The van der Waals surface area contributed by atoms with Crippen molar-refractivity contribution in [2.75, 3.05) is 7.11 Å². The molecule has 0 aromatic heterocycles. The van der Waals surface area contributed by atoms with Crippen LogP contribution in [0, 0.1) is 0 Å². The molecule has 6 nitrogen and oxygen atoms in total. The molecule has 0 atom stereocenters. The second kappa shape index (κ2) is 4.47. The molecule has 1 rings (SSSR count). The number of phenols is 1. The zero-order valence-corrected chi connectivity index (χ0v) is 8.82.